The van der Waals surface area contributed by atoms with Crippen LogP contribution in [0.15, 0.2) is 12.4 Å². The quantitative estimate of drug-likeness (QED) is 0.895. The van der Waals surface area contributed by atoms with Gasteiger partial charge in [0.25, 0.3) is 0 Å². The van der Waals surface area contributed by atoms with Gasteiger partial charge in [-0.2, -0.15) is 0 Å². The zero-order valence-corrected chi connectivity index (χ0v) is 13.0. The van der Waals surface area contributed by atoms with Crippen LogP contribution in [0.2, 0.25) is 0 Å². The van der Waals surface area contributed by atoms with E-state index in [1.54, 1.807) is 0 Å². The SMILES string of the molecule is CNC1CCCc2cn(CC(=O)NC3CCCCC3)cc21. The van der Waals surface area contributed by atoms with Gasteiger partial charge in [0.05, 0.1) is 0 Å². The highest BCUT2D eigenvalue weighted by Crippen LogP contribution is 2.30. The first-order valence-electron chi connectivity index (χ1n) is 8.41. The van der Waals surface area contributed by atoms with Gasteiger partial charge in [0.2, 0.25) is 5.91 Å². The molecule has 0 aromatic carbocycles. The molecule has 3 rings (SSSR count). The fraction of sp³-hybridized carbons (Fsp3) is 0.706. The van der Waals surface area contributed by atoms with Crippen LogP contribution in [0.1, 0.15) is 62.1 Å². The number of hydrogen-bond acceptors (Lipinski definition) is 2. The number of fused-ring (bicyclic) bond motifs is 1. The molecule has 2 N–H and O–H groups in total. The van der Waals surface area contributed by atoms with E-state index in [0.717, 1.165) is 19.3 Å². The molecule has 0 spiro atoms. The third-order valence-electron chi connectivity index (χ3n) is 4.96. The largest absolute Gasteiger partial charge is 0.352 e. The molecule has 2 aliphatic carbocycles. The molecule has 1 fully saturated rings. The maximum absolute atomic E-state index is 12.2. The monoisotopic (exact) mass is 289 g/mol. The summed E-state index contributed by atoms with van der Waals surface area (Å²) in [6, 6.07) is 0.859. The van der Waals surface area contributed by atoms with Crippen molar-refractivity contribution in [3.8, 4) is 0 Å². The number of amides is 1. The Morgan fingerprint density at radius 3 is 2.76 bits per heavy atom. The summed E-state index contributed by atoms with van der Waals surface area (Å²) < 4.78 is 2.07. The summed E-state index contributed by atoms with van der Waals surface area (Å²) in [5.74, 6) is 0.162. The highest BCUT2D eigenvalue weighted by Gasteiger charge is 2.21. The minimum absolute atomic E-state index is 0.162. The van der Waals surface area contributed by atoms with Gasteiger partial charge in [-0.25, -0.2) is 0 Å². The number of hydrogen-bond donors (Lipinski definition) is 2. The van der Waals surface area contributed by atoms with Gasteiger partial charge in [-0.3, -0.25) is 4.79 Å². The lowest BCUT2D eigenvalue weighted by atomic mass is 9.91. The molecule has 4 heteroatoms. The summed E-state index contributed by atoms with van der Waals surface area (Å²) in [5.41, 5.74) is 2.79. The summed E-state index contributed by atoms with van der Waals surface area (Å²) in [6.07, 6.45) is 14.0. The molecule has 0 bridgehead atoms. The lowest BCUT2D eigenvalue weighted by Gasteiger charge is -2.22. The van der Waals surface area contributed by atoms with E-state index in [-0.39, 0.29) is 5.91 Å². The van der Waals surface area contributed by atoms with Gasteiger partial charge in [0, 0.05) is 24.5 Å². The average molecular weight is 289 g/mol. The summed E-state index contributed by atoms with van der Waals surface area (Å²) in [5, 5.41) is 6.58. The Morgan fingerprint density at radius 1 is 1.19 bits per heavy atom. The van der Waals surface area contributed by atoms with Gasteiger partial charge in [-0.1, -0.05) is 19.3 Å². The second-order valence-electron chi connectivity index (χ2n) is 6.55. The van der Waals surface area contributed by atoms with Gasteiger partial charge in [0.1, 0.15) is 6.54 Å². The predicted molar refractivity (Wildman–Crippen MR) is 84.2 cm³/mol. The van der Waals surface area contributed by atoms with Crippen molar-refractivity contribution in [3.05, 3.63) is 23.5 Å². The molecule has 4 nitrogen and oxygen atoms in total. The summed E-state index contributed by atoms with van der Waals surface area (Å²) >= 11 is 0. The molecule has 21 heavy (non-hydrogen) atoms. The van der Waals surface area contributed by atoms with E-state index in [2.05, 4.69) is 27.6 Å². The molecule has 0 radical (unpaired) electrons. The van der Waals surface area contributed by atoms with Crippen LogP contribution >= 0.6 is 0 Å². The van der Waals surface area contributed by atoms with E-state index in [0.29, 0.717) is 18.6 Å². The van der Waals surface area contributed by atoms with Crippen molar-refractivity contribution in [2.75, 3.05) is 7.05 Å². The highest BCUT2D eigenvalue weighted by atomic mass is 16.2. The number of rotatable bonds is 4. The Hall–Kier alpha value is -1.29. The normalized spacial score (nSPS) is 22.8. The second kappa shape index (κ2) is 6.65. The molecule has 116 valence electrons. The van der Waals surface area contributed by atoms with E-state index in [4.69, 9.17) is 0 Å². The van der Waals surface area contributed by atoms with Crippen molar-refractivity contribution in [2.45, 2.75) is 70.0 Å². The van der Waals surface area contributed by atoms with Crippen LogP contribution in [0.25, 0.3) is 0 Å². The molecule has 1 aromatic rings. The van der Waals surface area contributed by atoms with Gasteiger partial charge in [-0.15, -0.1) is 0 Å². The smallest absolute Gasteiger partial charge is 0.240 e. The molecule has 2 aliphatic rings. The average Bonchev–Trinajstić information content (AvgIpc) is 2.90. The first-order chi connectivity index (χ1) is 10.3. The Kier molecular flexibility index (Phi) is 4.63. The third-order valence-corrected chi connectivity index (χ3v) is 4.96. The molecule has 1 unspecified atom stereocenters. The second-order valence-corrected chi connectivity index (χ2v) is 6.55. The van der Waals surface area contributed by atoms with E-state index in [1.807, 2.05) is 7.05 Å². The highest BCUT2D eigenvalue weighted by molar-refractivity contribution is 5.76. The Bertz CT molecular complexity index is 488. The molecule has 1 heterocycles. The molecule has 0 saturated heterocycles. The van der Waals surface area contributed by atoms with Crippen molar-refractivity contribution in [2.24, 2.45) is 0 Å². The third kappa shape index (κ3) is 3.49. The summed E-state index contributed by atoms with van der Waals surface area (Å²) in [7, 11) is 2.02. The summed E-state index contributed by atoms with van der Waals surface area (Å²) in [4.78, 5) is 12.2. The molecule has 1 amide bonds. The van der Waals surface area contributed by atoms with Crippen LogP contribution in [-0.2, 0) is 17.8 Å². The molecule has 0 aliphatic heterocycles. The topological polar surface area (TPSA) is 46.1 Å². The minimum atomic E-state index is 0.162. The van der Waals surface area contributed by atoms with E-state index in [9.17, 15) is 4.79 Å². The standard InChI is InChI=1S/C17H27N3O/c1-18-16-9-5-6-13-10-20(11-15(13)16)12-17(21)19-14-7-3-2-4-8-14/h10-11,14,16,18H,2-9,12H2,1H3,(H,19,21). The van der Waals surface area contributed by atoms with Gasteiger partial charge < -0.3 is 15.2 Å². The number of aryl methyl sites for hydroxylation is 1. The van der Waals surface area contributed by atoms with Crippen molar-refractivity contribution in [3.63, 3.8) is 0 Å². The van der Waals surface area contributed by atoms with Gasteiger partial charge >= 0.3 is 0 Å². The van der Waals surface area contributed by atoms with E-state index < -0.39 is 0 Å². The van der Waals surface area contributed by atoms with Crippen molar-refractivity contribution in [1.82, 2.24) is 15.2 Å². The first kappa shape index (κ1) is 14.6. The van der Waals surface area contributed by atoms with Gasteiger partial charge in [-0.05, 0) is 50.3 Å². The Morgan fingerprint density at radius 2 is 2.00 bits per heavy atom. The number of carbonyl (C=O) groups excluding carboxylic acids is 1. The maximum Gasteiger partial charge on any atom is 0.240 e. The zero-order valence-electron chi connectivity index (χ0n) is 13.0. The van der Waals surface area contributed by atoms with E-state index in [1.165, 1.54) is 43.2 Å². The first-order valence-corrected chi connectivity index (χ1v) is 8.41. The molecule has 1 aromatic heterocycles. The molecule has 1 saturated carbocycles. The summed E-state index contributed by atoms with van der Waals surface area (Å²) in [6.45, 7) is 0.458. The molecule has 1 atom stereocenters. The van der Waals surface area contributed by atoms with Crippen LogP contribution in [0.5, 0.6) is 0 Å². The fourth-order valence-corrected chi connectivity index (χ4v) is 3.83. The Balaban J connectivity index is 1.60. The van der Waals surface area contributed by atoms with Crippen molar-refractivity contribution < 1.29 is 4.79 Å². The number of carbonyl (C=O) groups is 1. The lowest BCUT2D eigenvalue weighted by molar-refractivity contribution is -0.122. The van der Waals surface area contributed by atoms with Gasteiger partial charge in [0.15, 0.2) is 0 Å². The van der Waals surface area contributed by atoms with Crippen LogP contribution < -0.4 is 10.6 Å². The number of nitrogens with one attached hydrogen (secondary N) is 2. The minimum Gasteiger partial charge on any atom is -0.352 e. The van der Waals surface area contributed by atoms with Crippen LogP contribution in [0.4, 0.5) is 0 Å². The van der Waals surface area contributed by atoms with Crippen molar-refractivity contribution in [1.29, 1.82) is 0 Å². The van der Waals surface area contributed by atoms with Crippen LogP contribution in [0.3, 0.4) is 0 Å². The Labute approximate surface area is 127 Å². The predicted octanol–water partition coefficient (Wildman–Crippen LogP) is 2.53. The van der Waals surface area contributed by atoms with E-state index >= 15 is 0 Å². The molecular weight excluding hydrogens is 262 g/mol. The zero-order chi connectivity index (χ0) is 14.7. The number of nitrogens with zero attached hydrogens (tertiary/aromatic N) is 1. The van der Waals surface area contributed by atoms with Crippen LogP contribution in [0, 0.1) is 0 Å². The fourth-order valence-electron chi connectivity index (χ4n) is 3.83. The number of aromatic nitrogens is 1. The molecular formula is C17H27N3O. The van der Waals surface area contributed by atoms with Crippen LogP contribution in [-0.4, -0.2) is 23.6 Å². The maximum atomic E-state index is 12.2. The lowest BCUT2D eigenvalue weighted by Crippen LogP contribution is -2.38. The van der Waals surface area contributed by atoms with Crippen molar-refractivity contribution >= 4 is 5.91 Å².